The van der Waals surface area contributed by atoms with Crippen LogP contribution in [0.3, 0.4) is 0 Å². The van der Waals surface area contributed by atoms with Crippen molar-refractivity contribution in [3.8, 4) is 0 Å². The lowest BCUT2D eigenvalue weighted by molar-refractivity contribution is 0.728. The van der Waals surface area contributed by atoms with Gasteiger partial charge in [0.1, 0.15) is 0 Å². The molecule has 1 saturated carbocycles. The molecule has 4 heteroatoms. The lowest BCUT2D eigenvalue weighted by Gasteiger charge is -2.19. The highest BCUT2D eigenvalue weighted by Gasteiger charge is 2.29. The molecule has 1 aliphatic carbocycles. The SMILES string of the molecule is CCCCN(CC)c1nc(C2CC2)c(CN)s1. The van der Waals surface area contributed by atoms with Gasteiger partial charge in [-0.05, 0) is 26.2 Å². The average molecular weight is 253 g/mol. The average Bonchev–Trinajstić information content (AvgIpc) is 3.11. The number of unbranched alkanes of at least 4 members (excludes halogenated alkanes) is 1. The molecule has 1 aromatic heterocycles. The van der Waals surface area contributed by atoms with E-state index in [-0.39, 0.29) is 0 Å². The molecule has 0 radical (unpaired) electrons. The lowest BCUT2D eigenvalue weighted by atomic mass is 10.2. The van der Waals surface area contributed by atoms with Crippen LogP contribution in [0.5, 0.6) is 0 Å². The first-order chi connectivity index (χ1) is 8.30. The summed E-state index contributed by atoms with van der Waals surface area (Å²) in [4.78, 5) is 8.52. The Labute approximate surface area is 108 Å². The molecule has 0 saturated heterocycles. The minimum absolute atomic E-state index is 0.648. The molecular weight excluding hydrogens is 230 g/mol. The summed E-state index contributed by atoms with van der Waals surface area (Å²) in [5.41, 5.74) is 7.12. The van der Waals surface area contributed by atoms with Gasteiger partial charge in [-0.15, -0.1) is 11.3 Å². The third kappa shape index (κ3) is 2.99. The third-order valence-electron chi connectivity index (χ3n) is 3.30. The van der Waals surface area contributed by atoms with Crippen LogP contribution in [-0.2, 0) is 6.54 Å². The Hall–Kier alpha value is -0.610. The molecule has 2 rings (SSSR count). The Balaban J connectivity index is 2.12. The fraction of sp³-hybridized carbons (Fsp3) is 0.769. The molecule has 1 heterocycles. The van der Waals surface area contributed by atoms with Crippen LogP contribution in [0.4, 0.5) is 5.13 Å². The van der Waals surface area contributed by atoms with Crippen LogP contribution in [0.1, 0.15) is 56.0 Å². The molecule has 0 spiro atoms. The molecule has 1 aromatic rings. The highest BCUT2D eigenvalue weighted by Crippen LogP contribution is 2.44. The van der Waals surface area contributed by atoms with Crippen molar-refractivity contribution in [2.75, 3.05) is 18.0 Å². The van der Waals surface area contributed by atoms with Crippen LogP contribution < -0.4 is 10.6 Å². The Kier molecular flexibility index (Phi) is 4.40. The van der Waals surface area contributed by atoms with E-state index in [9.17, 15) is 0 Å². The Morgan fingerprint density at radius 2 is 2.18 bits per heavy atom. The van der Waals surface area contributed by atoms with Crippen molar-refractivity contribution in [3.63, 3.8) is 0 Å². The monoisotopic (exact) mass is 253 g/mol. The fourth-order valence-electron chi connectivity index (χ4n) is 2.05. The van der Waals surface area contributed by atoms with E-state index in [1.165, 1.54) is 41.4 Å². The summed E-state index contributed by atoms with van der Waals surface area (Å²) in [5.74, 6) is 0.712. The maximum Gasteiger partial charge on any atom is 0.185 e. The fourth-order valence-corrected chi connectivity index (χ4v) is 3.16. The van der Waals surface area contributed by atoms with Gasteiger partial charge in [-0.3, -0.25) is 0 Å². The number of aromatic nitrogens is 1. The van der Waals surface area contributed by atoms with Gasteiger partial charge in [0.15, 0.2) is 5.13 Å². The highest BCUT2D eigenvalue weighted by atomic mass is 32.1. The second-order valence-corrected chi connectivity index (χ2v) is 5.78. The summed E-state index contributed by atoms with van der Waals surface area (Å²) in [5, 5.41) is 1.18. The first-order valence-electron chi connectivity index (χ1n) is 6.74. The Morgan fingerprint density at radius 3 is 2.71 bits per heavy atom. The molecule has 96 valence electrons. The van der Waals surface area contributed by atoms with Crippen LogP contribution in [0, 0.1) is 0 Å². The molecule has 17 heavy (non-hydrogen) atoms. The maximum absolute atomic E-state index is 5.82. The number of hydrogen-bond acceptors (Lipinski definition) is 4. The van der Waals surface area contributed by atoms with Crippen molar-refractivity contribution in [2.45, 2.75) is 52.0 Å². The number of anilines is 1. The second kappa shape index (κ2) is 5.83. The van der Waals surface area contributed by atoms with Crippen LogP contribution in [0.25, 0.3) is 0 Å². The highest BCUT2D eigenvalue weighted by molar-refractivity contribution is 7.15. The van der Waals surface area contributed by atoms with Crippen molar-refractivity contribution >= 4 is 16.5 Å². The Bertz CT molecular complexity index is 358. The van der Waals surface area contributed by atoms with Crippen molar-refractivity contribution in [1.82, 2.24) is 4.98 Å². The molecule has 1 aliphatic rings. The number of hydrogen-bond donors (Lipinski definition) is 1. The number of nitrogens with zero attached hydrogens (tertiary/aromatic N) is 2. The summed E-state index contributed by atoms with van der Waals surface area (Å²) in [7, 11) is 0. The second-order valence-electron chi connectivity index (χ2n) is 4.72. The van der Waals surface area contributed by atoms with E-state index in [0.717, 1.165) is 13.1 Å². The topological polar surface area (TPSA) is 42.2 Å². The first-order valence-corrected chi connectivity index (χ1v) is 7.56. The van der Waals surface area contributed by atoms with E-state index < -0.39 is 0 Å². The van der Waals surface area contributed by atoms with Crippen molar-refractivity contribution < 1.29 is 0 Å². The molecule has 0 amide bonds. The standard InChI is InChI=1S/C13H23N3S/c1-3-5-8-16(4-2)13-15-12(10-6-7-10)11(9-14)17-13/h10H,3-9,14H2,1-2H3. The zero-order chi connectivity index (χ0) is 12.3. The molecule has 3 nitrogen and oxygen atoms in total. The van der Waals surface area contributed by atoms with E-state index in [4.69, 9.17) is 10.7 Å². The summed E-state index contributed by atoms with van der Waals surface area (Å²) >= 11 is 1.80. The van der Waals surface area contributed by atoms with Gasteiger partial charge in [0.2, 0.25) is 0 Å². The minimum Gasteiger partial charge on any atom is -0.348 e. The van der Waals surface area contributed by atoms with E-state index in [1.54, 1.807) is 11.3 Å². The third-order valence-corrected chi connectivity index (χ3v) is 4.45. The van der Waals surface area contributed by atoms with E-state index in [2.05, 4.69) is 18.7 Å². The summed E-state index contributed by atoms with van der Waals surface area (Å²) in [6.07, 6.45) is 5.08. The molecule has 0 aliphatic heterocycles. The summed E-state index contributed by atoms with van der Waals surface area (Å²) < 4.78 is 0. The van der Waals surface area contributed by atoms with Gasteiger partial charge in [-0.2, -0.15) is 0 Å². The molecule has 0 aromatic carbocycles. The van der Waals surface area contributed by atoms with Gasteiger partial charge in [-0.1, -0.05) is 13.3 Å². The van der Waals surface area contributed by atoms with Gasteiger partial charge in [0.05, 0.1) is 5.69 Å². The van der Waals surface area contributed by atoms with Crippen LogP contribution >= 0.6 is 11.3 Å². The van der Waals surface area contributed by atoms with Crippen LogP contribution in [0.15, 0.2) is 0 Å². The first kappa shape index (κ1) is 12.8. The van der Waals surface area contributed by atoms with Gasteiger partial charge in [0, 0.05) is 30.4 Å². The molecule has 1 fully saturated rings. The lowest BCUT2D eigenvalue weighted by Crippen LogP contribution is -2.23. The maximum atomic E-state index is 5.82. The summed E-state index contributed by atoms with van der Waals surface area (Å²) in [6.45, 7) is 7.25. The van der Waals surface area contributed by atoms with Crippen molar-refractivity contribution in [1.29, 1.82) is 0 Å². The number of nitrogens with two attached hydrogens (primary N) is 1. The number of thiazole rings is 1. The molecule has 2 N–H and O–H groups in total. The smallest absolute Gasteiger partial charge is 0.185 e. The van der Waals surface area contributed by atoms with E-state index in [0.29, 0.717) is 12.5 Å². The molecule has 0 atom stereocenters. The van der Waals surface area contributed by atoms with E-state index in [1.807, 2.05) is 0 Å². The van der Waals surface area contributed by atoms with Crippen LogP contribution in [-0.4, -0.2) is 18.1 Å². The molecule has 0 unspecified atom stereocenters. The van der Waals surface area contributed by atoms with Gasteiger partial charge < -0.3 is 10.6 Å². The van der Waals surface area contributed by atoms with Gasteiger partial charge in [0.25, 0.3) is 0 Å². The largest absolute Gasteiger partial charge is 0.348 e. The van der Waals surface area contributed by atoms with Gasteiger partial charge in [-0.25, -0.2) is 4.98 Å². The molecule has 0 bridgehead atoms. The zero-order valence-corrected chi connectivity index (χ0v) is 11.7. The Morgan fingerprint density at radius 1 is 1.41 bits per heavy atom. The summed E-state index contributed by atoms with van der Waals surface area (Å²) in [6, 6.07) is 0. The van der Waals surface area contributed by atoms with Crippen molar-refractivity contribution in [3.05, 3.63) is 10.6 Å². The van der Waals surface area contributed by atoms with E-state index >= 15 is 0 Å². The quantitative estimate of drug-likeness (QED) is 0.812. The molecular formula is C13H23N3S. The number of rotatable bonds is 7. The normalized spacial score (nSPS) is 15.2. The van der Waals surface area contributed by atoms with Crippen molar-refractivity contribution in [2.24, 2.45) is 5.73 Å². The minimum atomic E-state index is 0.648. The zero-order valence-electron chi connectivity index (χ0n) is 10.9. The predicted molar refractivity (Wildman–Crippen MR) is 74.8 cm³/mol. The van der Waals surface area contributed by atoms with Crippen LogP contribution in [0.2, 0.25) is 0 Å². The predicted octanol–water partition coefficient (Wildman–Crippen LogP) is 3.11. The van der Waals surface area contributed by atoms with Gasteiger partial charge >= 0.3 is 0 Å².